The second kappa shape index (κ2) is 7.02. The number of rotatable bonds is 4. The van der Waals surface area contributed by atoms with Gasteiger partial charge in [0.05, 0.1) is 11.6 Å². The van der Waals surface area contributed by atoms with E-state index in [-0.39, 0.29) is 11.9 Å². The number of hydrogen-bond acceptors (Lipinski definition) is 1. The predicted octanol–water partition coefficient (Wildman–Crippen LogP) is 3.59. The van der Waals surface area contributed by atoms with Gasteiger partial charge in [-0.15, -0.1) is 6.42 Å². The lowest BCUT2D eigenvalue weighted by Crippen LogP contribution is -2.33. The summed E-state index contributed by atoms with van der Waals surface area (Å²) in [4.78, 5) is 12.0. The number of benzene rings is 1. The first-order chi connectivity index (χ1) is 8.08. The van der Waals surface area contributed by atoms with Gasteiger partial charge >= 0.3 is 0 Å². The van der Waals surface area contributed by atoms with Crippen LogP contribution in [0.4, 0.5) is 0 Å². The molecule has 0 spiro atoms. The molecule has 1 atom stereocenters. The van der Waals surface area contributed by atoms with E-state index in [1.54, 1.807) is 0 Å². The van der Waals surface area contributed by atoms with Crippen LogP contribution in [0.1, 0.15) is 30.1 Å². The van der Waals surface area contributed by atoms with Crippen molar-refractivity contribution in [1.82, 2.24) is 5.32 Å². The second-order valence-corrected chi connectivity index (χ2v) is 5.71. The van der Waals surface area contributed by atoms with E-state index in [9.17, 15) is 4.79 Å². The smallest absolute Gasteiger partial charge is 0.253 e. The summed E-state index contributed by atoms with van der Waals surface area (Å²) < 4.78 is 1.80. The maximum absolute atomic E-state index is 12.0. The van der Waals surface area contributed by atoms with E-state index in [4.69, 9.17) is 6.42 Å². The van der Waals surface area contributed by atoms with Crippen LogP contribution >= 0.6 is 38.5 Å². The Balaban J connectivity index is 2.83. The van der Waals surface area contributed by atoms with Crippen LogP contribution in [-0.2, 0) is 0 Å². The van der Waals surface area contributed by atoms with Crippen molar-refractivity contribution >= 4 is 44.4 Å². The van der Waals surface area contributed by atoms with Crippen molar-refractivity contribution in [3.63, 3.8) is 0 Å². The summed E-state index contributed by atoms with van der Waals surface area (Å²) in [6, 6.07) is 5.43. The highest BCUT2D eigenvalue weighted by atomic mass is 127. The van der Waals surface area contributed by atoms with Crippen molar-refractivity contribution in [2.75, 3.05) is 0 Å². The molecular formula is C13H13BrINO. The normalized spacial score (nSPS) is 11.6. The Morgan fingerprint density at radius 1 is 1.65 bits per heavy atom. The molecule has 0 aliphatic rings. The summed E-state index contributed by atoms with van der Waals surface area (Å²) in [6.07, 6.45) is 7.12. The van der Waals surface area contributed by atoms with Crippen LogP contribution in [0.5, 0.6) is 0 Å². The molecule has 0 aliphatic heterocycles. The highest BCUT2D eigenvalue weighted by molar-refractivity contribution is 14.1. The fourth-order valence-electron chi connectivity index (χ4n) is 1.39. The maximum Gasteiger partial charge on any atom is 0.253 e. The molecule has 0 aromatic heterocycles. The average molecular weight is 406 g/mol. The van der Waals surface area contributed by atoms with Crippen molar-refractivity contribution in [1.29, 1.82) is 0 Å². The number of nitrogens with one attached hydrogen (secondary N) is 1. The zero-order valence-corrected chi connectivity index (χ0v) is 13.2. The standard InChI is InChI=1S/C13H13BrINO/c1-3-5-10(4-2)16-13(17)11-8-9(15)6-7-12(11)14/h2,6-8,10H,3,5H2,1H3,(H,16,17). The zero-order valence-electron chi connectivity index (χ0n) is 9.47. The van der Waals surface area contributed by atoms with Crippen LogP contribution in [0, 0.1) is 15.9 Å². The zero-order chi connectivity index (χ0) is 12.8. The van der Waals surface area contributed by atoms with Gasteiger partial charge in [-0.3, -0.25) is 4.79 Å². The molecular weight excluding hydrogens is 393 g/mol. The minimum absolute atomic E-state index is 0.133. The van der Waals surface area contributed by atoms with Gasteiger partial charge in [0.25, 0.3) is 5.91 Å². The van der Waals surface area contributed by atoms with Gasteiger partial charge in [0.1, 0.15) is 0 Å². The van der Waals surface area contributed by atoms with E-state index in [0.29, 0.717) is 5.56 Å². The predicted molar refractivity (Wildman–Crippen MR) is 81.9 cm³/mol. The monoisotopic (exact) mass is 405 g/mol. The Kier molecular flexibility index (Phi) is 6.00. The molecule has 17 heavy (non-hydrogen) atoms. The summed E-state index contributed by atoms with van der Waals surface area (Å²) in [5.41, 5.74) is 0.619. The summed E-state index contributed by atoms with van der Waals surface area (Å²) >= 11 is 5.54. The minimum Gasteiger partial charge on any atom is -0.338 e. The Hall–Kier alpha value is -0.540. The number of carbonyl (C=O) groups excluding carboxylic acids is 1. The Bertz CT molecular complexity index is 453. The summed E-state index contributed by atoms with van der Waals surface area (Å²) in [6.45, 7) is 2.04. The summed E-state index contributed by atoms with van der Waals surface area (Å²) in [5, 5.41) is 2.84. The van der Waals surface area contributed by atoms with Gasteiger partial charge < -0.3 is 5.32 Å². The Morgan fingerprint density at radius 3 is 2.94 bits per heavy atom. The molecule has 0 fully saturated rings. The van der Waals surface area contributed by atoms with Crippen molar-refractivity contribution in [2.24, 2.45) is 0 Å². The number of amides is 1. The first kappa shape index (κ1) is 14.5. The molecule has 2 nitrogen and oxygen atoms in total. The Morgan fingerprint density at radius 2 is 2.35 bits per heavy atom. The molecule has 1 unspecified atom stereocenters. The maximum atomic E-state index is 12.0. The highest BCUT2D eigenvalue weighted by Crippen LogP contribution is 2.19. The number of halogens is 2. The minimum atomic E-state index is -0.197. The van der Waals surface area contributed by atoms with Crippen LogP contribution in [0.2, 0.25) is 0 Å². The van der Waals surface area contributed by atoms with Crippen molar-refractivity contribution < 1.29 is 4.79 Å². The molecule has 1 amide bonds. The van der Waals surface area contributed by atoms with E-state index >= 15 is 0 Å². The molecule has 90 valence electrons. The number of terminal acetylenes is 1. The van der Waals surface area contributed by atoms with Crippen molar-refractivity contribution in [2.45, 2.75) is 25.8 Å². The molecule has 1 aromatic carbocycles. The lowest BCUT2D eigenvalue weighted by molar-refractivity contribution is 0.0943. The average Bonchev–Trinajstić information content (AvgIpc) is 2.31. The van der Waals surface area contributed by atoms with Gasteiger partial charge in [-0.2, -0.15) is 0 Å². The van der Waals surface area contributed by atoms with Crippen LogP contribution < -0.4 is 5.32 Å². The molecule has 0 saturated carbocycles. The third-order valence-electron chi connectivity index (χ3n) is 2.26. The van der Waals surface area contributed by atoms with E-state index < -0.39 is 0 Å². The van der Waals surface area contributed by atoms with E-state index in [2.05, 4.69) is 49.8 Å². The quantitative estimate of drug-likeness (QED) is 0.602. The highest BCUT2D eigenvalue weighted by Gasteiger charge is 2.13. The number of carbonyl (C=O) groups is 1. The third-order valence-corrected chi connectivity index (χ3v) is 3.62. The molecule has 1 N–H and O–H groups in total. The van der Waals surface area contributed by atoms with Gasteiger partial charge in [0.15, 0.2) is 0 Å². The fourth-order valence-corrected chi connectivity index (χ4v) is 2.31. The number of hydrogen-bond donors (Lipinski definition) is 1. The van der Waals surface area contributed by atoms with Crippen molar-refractivity contribution in [3.8, 4) is 12.3 Å². The molecule has 4 heteroatoms. The van der Waals surface area contributed by atoms with Crippen LogP contribution in [0.3, 0.4) is 0 Å². The van der Waals surface area contributed by atoms with Gasteiger partial charge in [-0.25, -0.2) is 0 Å². The summed E-state index contributed by atoms with van der Waals surface area (Å²) in [5.74, 6) is 2.46. The lowest BCUT2D eigenvalue weighted by Gasteiger charge is -2.13. The van der Waals surface area contributed by atoms with Crippen molar-refractivity contribution in [3.05, 3.63) is 31.8 Å². The summed E-state index contributed by atoms with van der Waals surface area (Å²) in [7, 11) is 0. The van der Waals surface area contributed by atoms with E-state index in [1.165, 1.54) is 0 Å². The Labute approximate surface area is 124 Å². The lowest BCUT2D eigenvalue weighted by atomic mass is 10.1. The van der Waals surface area contributed by atoms with Crippen LogP contribution in [-0.4, -0.2) is 11.9 Å². The van der Waals surface area contributed by atoms with Crippen LogP contribution in [0.15, 0.2) is 22.7 Å². The molecule has 0 heterocycles. The first-order valence-corrected chi connectivity index (χ1v) is 7.17. The molecule has 0 saturated heterocycles. The third kappa shape index (κ3) is 4.32. The first-order valence-electron chi connectivity index (χ1n) is 5.30. The molecule has 1 aromatic rings. The fraction of sp³-hybridized carbons (Fsp3) is 0.308. The molecule has 0 radical (unpaired) electrons. The topological polar surface area (TPSA) is 29.1 Å². The van der Waals surface area contributed by atoms with Gasteiger partial charge in [0, 0.05) is 8.04 Å². The van der Waals surface area contributed by atoms with Gasteiger partial charge in [-0.05, 0) is 63.1 Å². The van der Waals surface area contributed by atoms with Gasteiger partial charge in [-0.1, -0.05) is 19.3 Å². The molecule has 1 rings (SSSR count). The van der Waals surface area contributed by atoms with E-state index in [1.807, 2.05) is 25.1 Å². The SMILES string of the molecule is C#CC(CCC)NC(=O)c1cc(I)ccc1Br. The van der Waals surface area contributed by atoms with Gasteiger partial charge in [0.2, 0.25) is 0 Å². The largest absolute Gasteiger partial charge is 0.338 e. The van der Waals surface area contributed by atoms with E-state index in [0.717, 1.165) is 20.9 Å². The van der Waals surface area contributed by atoms with Crippen LogP contribution in [0.25, 0.3) is 0 Å². The second-order valence-electron chi connectivity index (χ2n) is 3.61. The molecule has 0 bridgehead atoms. The molecule has 0 aliphatic carbocycles.